The van der Waals surface area contributed by atoms with E-state index in [4.69, 9.17) is 11.6 Å². The van der Waals surface area contributed by atoms with Crippen LogP contribution in [0.3, 0.4) is 0 Å². The number of rotatable bonds is 2. The van der Waals surface area contributed by atoms with Crippen LogP contribution in [0.5, 0.6) is 0 Å². The molecule has 4 nitrogen and oxygen atoms in total. The molecule has 0 aliphatic carbocycles. The number of pyridine rings is 1. The highest BCUT2D eigenvalue weighted by Gasteiger charge is 2.33. The molecule has 120 valence electrons. The molecule has 1 aromatic carbocycles. The Kier molecular flexibility index (Phi) is 4.87. The summed E-state index contributed by atoms with van der Waals surface area (Å²) in [5, 5.41) is 3.32. The molecule has 6 heteroatoms. The number of urea groups is 1. The minimum Gasteiger partial charge on any atom is -0.321 e. The zero-order valence-corrected chi connectivity index (χ0v) is 15.0. The first-order valence-corrected chi connectivity index (χ1v) is 8.65. The fourth-order valence-electron chi connectivity index (χ4n) is 2.97. The number of anilines is 1. The van der Waals surface area contributed by atoms with Gasteiger partial charge < -0.3 is 10.2 Å². The van der Waals surface area contributed by atoms with Gasteiger partial charge in [0.05, 0.1) is 21.4 Å². The average Bonchev–Trinajstić information content (AvgIpc) is 2.95. The maximum Gasteiger partial charge on any atom is 0.322 e. The highest BCUT2D eigenvalue weighted by atomic mass is 79.9. The maximum atomic E-state index is 12.6. The molecule has 1 fully saturated rings. The molecule has 0 radical (unpaired) electrons. The molecule has 0 unspecified atom stereocenters. The van der Waals surface area contributed by atoms with E-state index in [2.05, 4.69) is 45.3 Å². The number of carbonyl (C=O) groups is 1. The maximum absolute atomic E-state index is 12.6. The Morgan fingerprint density at radius 3 is 2.83 bits per heavy atom. The van der Waals surface area contributed by atoms with Crippen LogP contribution in [0.15, 0.2) is 47.2 Å². The highest BCUT2D eigenvalue weighted by molar-refractivity contribution is 9.10. The molecule has 3 rings (SSSR count). The summed E-state index contributed by atoms with van der Waals surface area (Å²) in [7, 11) is 0. The van der Waals surface area contributed by atoms with Crippen molar-refractivity contribution >= 4 is 39.2 Å². The van der Waals surface area contributed by atoms with E-state index in [0.29, 0.717) is 27.6 Å². The smallest absolute Gasteiger partial charge is 0.321 e. The Balaban J connectivity index is 1.72. The number of carbonyl (C=O) groups excluding carboxylic acids is 1. The molecule has 2 atom stereocenters. The lowest BCUT2D eigenvalue weighted by molar-refractivity contribution is 0.209. The second-order valence-corrected chi connectivity index (χ2v) is 6.99. The molecule has 2 aromatic rings. The number of amides is 2. The predicted octanol–water partition coefficient (Wildman–Crippen LogP) is 4.91. The highest BCUT2D eigenvalue weighted by Crippen LogP contribution is 2.33. The largest absolute Gasteiger partial charge is 0.322 e. The van der Waals surface area contributed by atoms with E-state index in [1.54, 1.807) is 12.4 Å². The third-order valence-corrected chi connectivity index (χ3v) is 5.42. The van der Waals surface area contributed by atoms with Crippen LogP contribution in [0.25, 0.3) is 0 Å². The van der Waals surface area contributed by atoms with Crippen molar-refractivity contribution < 1.29 is 4.79 Å². The molecule has 1 aromatic heterocycles. The summed E-state index contributed by atoms with van der Waals surface area (Å²) < 4.78 is 0.661. The molecule has 2 heterocycles. The van der Waals surface area contributed by atoms with Crippen LogP contribution < -0.4 is 5.32 Å². The van der Waals surface area contributed by atoms with E-state index in [9.17, 15) is 4.79 Å². The van der Waals surface area contributed by atoms with E-state index < -0.39 is 0 Å². The van der Waals surface area contributed by atoms with Crippen LogP contribution in [0, 0.1) is 0 Å². The zero-order valence-electron chi connectivity index (χ0n) is 12.7. The summed E-state index contributed by atoms with van der Waals surface area (Å²) in [6.45, 7) is 2.78. The number of aromatic nitrogens is 1. The fraction of sp³-hybridized carbons (Fsp3) is 0.294. The van der Waals surface area contributed by atoms with Crippen LogP contribution in [-0.2, 0) is 0 Å². The van der Waals surface area contributed by atoms with Crippen molar-refractivity contribution in [2.75, 3.05) is 11.9 Å². The van der Waals surface area contributed by atoms with Crippen molar-refractivity contribution in [3.8, 4) is 0 Å². The molecule has 0 spiro atoms. The van der Waals surface area contributed by atoms with Gasteiger partial charge in [-0.3, -0.25) is 4.98 Å². The van der Waals surface area contributed by atoms with Crippen molar-refractivity contribution in [1.82, 2.24) is 9.88 Å². The van der Waals surface area contributed by atoms with Crippen molar-refractivity contribution in [2.24, 2.45) is 0 Å². The van der Waals surface area contributed by atoms with E-state index >= 15 is 0 Å². The average molecular weight is 395 g/mol. The summed E-state index contributed by atoms with van der Waals surface area (Å²) in [5.74, 6) is 0.369. The number of likely N-dealkylation sites (tertiary alicyclic amines) is 1. The topological polar surface area (TPSA) is 45.2 Å². The summed E-state index contributed by atoms with van der Waals surface area (Å²) in [6, 6.07) is 10.4. The third-order valence-electron chi connectivity index (χ3n) is 4.19. The monoisotopic (exact) mass is 393 g/mol. The molecular weight excluding hydrogens is 378 g/mol. The van der Waals surface area contributed by atoms with Gasteiger partial charge in [0.2, 0.25) is 0 Å². The minimum absolute atomic E-state index is 0.141. The molecule has 1 saturated heterocycles. The van der Waals surface area contributed by atoms with Gasteiger partial charge in [-0.05, 0) is 34.8 Å². The second-order valence-electron chi connectivity index (χ2n) is 5.76. The molecule has 2 amide bonds. The minimum atomic E-state index is -0.141. The first kappa shape index (κ1) is 16.3. The van der Waals surface area contributed by atoms with Crippen molar-refractivity contribution in [1.29, 1.82) is 0 Å². The van der Waals surface area contributed by atoms with Crippen LogP contribution in [-0.4, -0.2) is 28.5 Å². The Morgan fingerprint density at radius 1 is 1.35 bits per heavy atom. The molecule has 0 bridgehead atoms. The lowest BCUT2D eigenvalue weighted by Gasteiger charge is -2.22. The molecule has 1 N–H and O–H groups in total. The van der Waals surface area contributed by atoms with E-state index in [1.165, 1.54) is 5.56 Å². The van der Waals surface area contributed by atoms with Gasteiger partial charge in [-0.1, -0.05) is 41.9 Å². The van der Waals surface area contributed by atoms with E-state index in [-0.39, 0.29) is 12.1 Å². The Morgan fingerprint density at radius 2 is 2.09 bits per heavy atom. The van der Waals surface area contributed by atoms with Gasteiger partial charge >= 0.3 is 6.03 Å². The summed E-state index contributed by atoms with van der Waals surface area (Å²) in [4.78, 5) is 18.5. The number of halogens is 2. The standard InChI is InChI=1S/C17H17BrClN3O/c1-11-7-13(12-5-3-2-4-6-12)10-22(11)17(23)21-15-9-20-8-14(18)16(15)19/h2-6,8-9,11,13H,7,10H2,1H3,(H,21,23)/t11-,13-/m1/s1. The Bertz CT molecular complexity index is 710. The summed E-state index contributed by atoms with van der Waals surface area (Å²) >= 11 is 9.50. The summed E-state index contributed by atoms with van der Waals surface area (Å²) in [5.41, 5.74) is 1.79. The van der Waals surface area contributed by atoms with Crippen LogP contribution >= 0.6 is 27.5 Å². The van der Waals surface area contributed by atoms with E-state index in [1.807, 2.05) is 23.1 Å². The predicted molar refractivity (Wildman–Crippen MR) is 95.9 cm³/mol. The van der Waals surface area contributed by atoms with E-state index in [0.717, 1.165) is 6.42 Å². The molecule has 0 saturated carbocycles. The van der Waals surface area contributed by atoms with Gasteiger partial charge in [0.1, 0.15) is 0 Å². The molecule has 1 aliphatic rings. The number of benzene rings is 1. The van der Waals surface area contributed by atoms with Crippen molar-refractivity contribution in [3.05, 3.63) is 57.8 Å². The molecule has 1 aliphatic heterocycles. The quantitative estimate of drug-likeness (QED) is 0.787. The second kappa shape index (κ2) is 6.89. The Labute approximate surface area is 149 Å². The van der Waals surface area contributed by atoms with Gasteiger partial charge in [-0.25, -0.2) is 4.79 Å². The Hall–Kier alpha value is -1.59. The number of hydrogen-bond acceptors (Lipinski definition) is 2. The van der Waals surface area contributed by atoms with Crippen LogP contribution in [0.2, 0.25) is 5.02 Å². The van der Waals surface area contributed by atoms with Crippen molar-refractivity contribution in [2.45, 2.75) is 25.3 Å². The first-order valence-electron chi connectivity index (χ1n) is 7.48. The fourth-order valence-corrected chi connectivity index (χ4v) is 3.45. The SMILES string of the molecule is C[C@@H]1C[C@@H](c2ccccc2)CN1C(=O)Nc1cncc(Br)c1Cl. The van der Waals surface area contributed by atoms with Crippen LogP contribution in [0.4, 0.5) is 10.5 Å². The lowest BCUT2D eigenvalue weighted by Crippen LogP contribution is -2.37. The van der Waals surface area contributed by atoms with Crippen LogP contribution in [0.1, 0.15) is 24.8 Å². The lowest BCUT2D eigenvalue weighted by atomic mass is 9.97. The summed E-state index contributed by atoms with van der Waals surface area (Å²) in [6.07, 6.45) is 4.12. The van der Waals surface area contributed by atoms with Gasteiger partial charge in [0.15, 0.2) is 0 Å². The normalized spacial score (nSPS) is 20.6. The molecule has 23 heavy (non-hydrogen) atoms. The number of nitrogens with zero attached hydrogens (tertiary/aromatic N) is 2. The number of nitrogens with one attached hydrogen (secondary N) is 1. The van der Waals surface area contributed by atoms with Crippen molar-refractivity contribution in [3.63, 3.8) is 0 Å². The van der Waals surface area contributed by atoms with Gasteiger partial charge in [0, 0.05) is 24.7 Å². The van der Waals surface area contributed by atoms with Gasteiger partial charge in [-0.15, -0.1) is 0 Å². The van der Waals surface area contributed by atoms with Gasteiger partial charge in [0.25, 0.3) is 0 Å². The number of hydrogen-bond donors (Lipinski definition) is 1. The van der Waals surface area contributed by atoms with Gasteiger partial charge in [-0.2, -0.15) is 0 Å². The zero-order chi connectivity index (χ0) is 16.4. The molecular formula is C17H17BrClN3O. The third kappa shape index (κ3) is 3.51. The first-order chi connectivity index (χ1) is 11.1.